The third-order valence-electron chi connectivity index (χ3n) is 3.86. The molecular formula is C14H22N2O. The fourth-order valence-electron chi connectivity index (χ4n) is 2.45. The van der Waals surface area contributed by atoms with Gasteiger partial charge in [-0.05, 0) is 55.9 Å². The minimum absolute atomic E-state index is 0.316. The molecule has 94 valence electrons. The molecule has 2 rings (SSSR count). The van der Waals surface area contributed by atoms with Crippen LogP contribution in [0.15, 0.2) is 12.1 Å². The van der Waals surface area contributed by atoms with Gasteiger partial charge in [0.05, 0.1) is 11.4 Å². The van der Waals surface area contributed by atoms with E-state index in [0.717, 1.165) is 37.3 Å². The Balaban J connectivity index is 2.16. The van der Waals surface area contributed by atoms with Gasteiger partial charge in [-0.1, -0.05) is 0 Å². The van der Waals surface area contributed by atoms with Crippen LogP contribution in [0.4, 0.5) is 11.4 Å². The first-order valence-electron chi connectivity index (χ1n) is 6.34. The summed E-state index contributed by atoms with van der Waals surface area (Å²) in [6.45, 7) is 6.53. The molecular weight excluding hydrogens is 212 g/mol. The maximum absolute atomic E-state index is 9.14. The molecule has 17 heavy (non-hydrogen) atoms. The van der Waals surface area contributed by atoms with E-state index >= 15 is 0 Å². The summed E-state index contributed by atoms with van der Waals surface area (Å²) in [5.41, 5.74) is 10.7. The van der Waals surface area contributed by atoms with Crippen LogP contribution in [0.2, 0.25) is 0 Å². The van der Waals surface area contributed by atoms with Crippen LogP contribution in [0.5, 0.6) is 0 Å². The highest BCUT2D eigenvalue weighted by molar-refractivity contribution is 5.70. The topological polar surface area (TPSA) is 49.5 Å². The van der Waals surface area contributed by atoms with Crippen molar-refractivity contribution >= 4 is 11.4 Å². The standard InChI is InChI=1S/C14H22N2O/c1-10-7-13(15)14(8-11(10)2)16-5-3-12(9-17)4-6-16/h7-8,12,17H,3-6,9,15H2,1-2H3. The normalized spacial score (nSPS) is 17.5. The summed E-state index contributed by atoms with van der Waals surface area (Å²) >= 11 is 0. The average molecular weight is 234 g/mol. The second-order valence-corrected chi connectivity index (χ2v) is 5.11. The van der Waals surface area contributed by atoms with Crippen LogP contribution in [0, 0.1) is 19.8 Å². The number of piperidine rings is 1. The Kier molecular flexibility index (Phi) is 3.57. The molecule has 1 aromatic carbocycles. The van der Waals surface area contributed by atoms with Crippen LogP contribution in [0.3, 0.4) is 0 Å². The molecule has 1 aromatic rings. The number of aliphatic hydroxyl groups is 1. The SMILES string of the molecule is Cc1cc(N)c(N2CCC(CO)CC2)cc1C. The molecule has 3 nitrogen and oxygen atoms in total. The van der Waals surface area contributed by atoms with Crippen molar-refractivity contribution in [1.29, 1.82) is 0 Å². The van der Waals surface area contributed by atoms with E-state index in [1.807, 2.05) is 0 Å². The molecule has 0 spiro atoms. The maximum atomic E-state index is 9.14. The van der Waals surface area contributed by atoms with Gasteiger partial charge in [-0.15, -0.1) is 0 Å². The Bertz CT molecular complexity index is 395. The highest BCUT2D eigenvalue weighted by atomic mass is 16.3. The highest BCUT2D eigenvalue weighted by Crippen LogP contribution is 2.30. The molecule has 0 unspecified atom stereocenters. The van der Waals surface area contributed by atoms with Crippen molar-refractivity contribution in [2.45, 2.75) is 26.7 Å². The molecule has 0 bridgehead atoms. The van der Waals surface area contributed by atoms with Gasteiger partial charge < -0.3 is 15.7 Å². The largest absolute Gasteiger partial charge is 0.397 e. The molecule has 0 atom stereocenters. The zero-order chi connectivity index (χ0) is 12.4. The molecule has 0 saturated carbocycles. The van der Waals surface area contributed by atoms with Crippen molar-refractivity contribution in [3.63, 3.8) is 0 Å². The molecule has 3 N–H and O–H groups in total. The molecule has 0 amide bonds. The first-order chi connectivity index (χ1) is 8.11. The lowest BCUT2D eigenvalue weighted by Crippen LogP contribution is -2.35. The monoisotopic (exact) mass is 234 g/mol. The smallest absolute Gasteiger partial charge is 0.0602 e. The summed E-state index contributed by atoms with van der Waals surface area (Å²) < 4.78 is 0. The van der Waals surface area contributed by atoms with Gasteiger partial charge in [0.1, 0.15) is 0 Å². The predicted octanol–water partition coefficient (Wildman–Crippen LogP) is 2.09. The summed E-state index contributed by atoms with van der Waals surface area (Å²) in [5, 5.41) is 9.14. The molecule has 1 saturated heterocycles. The Morgan fingerprint density at radius 3 is 2.41 bits per heavy atom. The van der Waals surface area contributed by atoms with Crippen LogP contribution >= 0.6 is 0 Å². The molecule has 0 radical (unpaired) electrons. The first-order valence-corrected chi connectivity index (χ1v) is 6.34. The molecule has 1 fully saturated rings. The van der Waals surface area contributed by atoms with E-state index < -0.39 is 0 Å². The predicted molar refractivity (Wildman–Crippen MR) is 72.4 cm³/mol. The quantitative estimate of drug-likeness (QED) is 0.770. The molecule has 0 aromatic heterocycles. The van der Waals surface area contributed by atoms with Crippen molar-refractivity contribution in [2.75, 3.05) is 30.3 Å². The van der Waals surface area contributed by atoms with Crippen molar-refractivity contribution in [3.8, 4) is 0 Å². The van der Waals surface area contributed by atoms with E-state index in [-0.39, 0.29) is 0 Å². The zero-order valence-corrected chi connectivity index (χ0v) is 10.7. The number of nitrogen functional groups attached to an aromatic ring is 1. The third kappa shape index (κ3) is 2.55. The summed E-state index contributed by atoms with van der Waals surface area (Å²) in [7, 11) is 0. The number of hydrogen-bond acceptors (Lipinski definition) is 3. The second-order valence-electron chi connectivity index (χ2n) is 5.11. The van der Waals surface area contributed by atoms with Crippen LogP contribution < -0.4 is 10.6 Å². The number of rotatable bonds is 2. The van der Waals surface area contributed by atoms with Crippen LogP contribution in [0.25, 0.3) is 0 Å². The van der Waals surface area contributed by atoms with Gasteiger partial charge in [-0.25, -0.2) is 0 Å². The van der Waals surface area contributed by atoms with Crippen LogP contribution in [0.1, 0.15) is 24.0 Å². The number of aliphatic hydroxyl groups excluding tert-OH is 1. The number of benzene rings is 1. The van der Waals surface area contributed by atoms with Crippen molar-refractivity contribution < 1.29 is 5.11 Å². The van der Waals surface area contributed by atoms with E-state index in [1.165, 1.54) is 11.1 Å². The van der Waals surface area contributed by atoms with Gasteiger partial charge >= 0.3 is 0 Å². The summed E-state index contributed by atoms with van der Waals surface area (Å²) in [6.07, 6.45) is 2.12. The number of anilines is 2. The molecule has 1 aliphatic heterocycles. The second kappa shape index (κ2) is 4.96. The minimum atomic E-state index is 0.316. The van der Waals surface area contributed by atoms with Crippen molar-refractivity contribution in [3.05, 3.63) is 23.3 Å². The zero-order valence-electron chi connectivity index (χ0n) is 10.7. The Labute approximate surface area is 103 Å². The molecule has 0 aliphatic carbocycles. The number of nitrogens with zero attached hydrogens (tertiary/aromatic N) is 1. The molecule has 1 aliphatic rings. The summed E-state index contributed by atoms with van der Waals surface area (Å²) in [5.74, 6) is 0.471. The number of nitrogens with two attached hydrogens (primary N) is 1. The fraction of sp³-hybridized carbons (Fsp3) is 0.571. The van der Waals surface area contributed by atoms with Gasteiger partial charge in [0, 0.05) is 19.7 Å². The van der Waals surface area contributed by atoms with Gasteiger partial charge in [-0.2, -0.15) is 0 Å². The van der Waals surface area contributed by atoms with Gasteiger partial charge in [0.25, 0.3) is 0 Å². The number of hydrogen-bond donors (Lipinski definition) is 2. The average Bonchev–Trinajstić information content (AvgIpc) is 2.34. The van der Waals surface area contributed by atoms with E-state index in [0.29, 0.717) is 12.5 Å². The van der Waals surface area contributed by atoms with Gasteiger partial charge in [0.2, 0.25) is 0 Å². The lowest BCUT2D eigenvalue weighted by molar-refractivity contribution is 0.203. The fourth-order valence-corrected chi connectivity index (χ4v) is 2.45. The van der Waals surface area contributed by atoms with E-state index in [9.17, 15) is 0 Å². The van der Waals surface area contributed by atoms with Crippen molar-refractivity contribution in [2.24, 2.45) is 5.92 Å². The van der Waals surface area contributed by atoms with E-state index in [4.69, 9.17) is 10.8 Å². The van der Waals surface area contributed by atoms with E-state index in [1.54, 1.807) is 0 Å². The molecule has 1 heterocycles. The van der Waals surface area contributed by atoms with E-state index in [2.05, 4.69) is 30.9 Å². The maximum Gasteiger partial charge on any atom is 0.0602 e. The Hall–Kier alpha value is -1.22. The van der Waals surface area contributed by atoms with Crippen LogP contribution in [-0.4, -0.2) is 24.8 Å². The lowest BCUT2D eigenvalue weighted by atomic mass is 9.96. The third-order valence-corrected chi connectivity index (χ3v) is 3.86. The van der Waals surface area contributed by atoms with Gasteiger partial charge in [0.15, 0.2) is 0 Å². The first kappa shape index (κ1) is 12.2. The summed E-state index contributed by atoms with van der Waals surface area (Å²) in [6, 6.07) is 4.24. The number of aryl methyl sites for hydroxylation is 2. The van der Waals surface area contributed by atoms with Gasteiger partial charge in [-0.3, -0.25) is 0 Å². The highest BCUT2D eigenvalue weighted by Gasteiger charge is 2.20. The van der Waals surface area contributed by atoms with Crippen LogP contribution in [-0.2, 0) is 0 Å². The lowest BCUT2D eigenvalue weighted by Gasteiger charge is -2.34. The summed E-state index contributed by atoms with van der Waals surface area (Å²) in [4.78, 5) is 2.34. The minimum Gasteiger partial charge on any atom is -0.397 e. The van der Waals surface area contributed by atoms with Crippen molar-refractivity contribution in [1.82, 2.24) is 0 Å². The Morgan fingerprint density at radius 2 is 1.82 bits per heavy atom. The molecule has 3 heteroatoms. The Morgan fingerprint density at radius 1 is 1.24 bits per heavy atom.